The van der Waals surface area contributed by atoms with Crippen molar-refractivity contribution in [1.29, 1.82) is 0 Å². The molecule has 3 N–H and O–H groups in total. The van der Waals surface area contributed by atoms with Crippen molar-refractivity contribution in [3.05, 3.63) is 45.9 Å². The highest BCUT2D eigenvalue weighted by molar-refractivity contribution is 7.09. The summed E-state index contributed by atoms with van der Waals surface area (Å²) in [5.74, 6) is 0.0219. The van der Waals surface area contributed by atoms with Crippen molar-refractivity contribution in [1.82, 2.24) is 10.3 Å². The first-order valence-electron chi connectivity index (χ1n) is 6.61. The Morgan fingerprint density at radius 3 is 2.64 bits per heavy atom. The quantitative estimate of drug-likeness (QED) is 0.797. The van der Waals surface area contributed by atoms with Crippen molar-refractivity contribution in [3.63, 3.8) is 0 Å². The molecule has 2 aromatic rings. The Balaban J connectivity index is 0.00000220. The highest BCUT2D eigenvalue weighted by atomic mass is 35.5. The molecule has 1 aromatic carbocycles. The number of nitrogen functional groups attached to an aromatic ring is 1. The number of thiazole rings is 1. The molecule has 0 spiro atoms. The predicted molar refractivity (Wildman–Crippen MR) is 97.1 cm³/mol. The molecule has 122 valence electrons. The van der Waals surface area contributed by atoms with Gasteiger partial charge in [0.2, 0.25) is 5.91 Å². The zero-order valence-electron chi connectivity index (χ0n) is 12.5. The van der Waals surface area contributed by atoms with Crippen LogP contribution in [0.4, 0.5) is 5.69 Å². The Hall–Kier alpha value is -1.30. The molecule has 0 aliphatic carbocycles. The predicted octanol–water partition coefficient (Wildman–Crippen LogP) is 3.69. The summed E-state index contributed by atoms with van der Waals surface area (Å²) in [5.41, 5.74) is 8.60. The van der Waals surface area contributed by atoms with Gasteiger partial charge in [0.25, 0.3) is 0 Å². The number of anilines is 1. The fraction of sp³-hybridized carbons (Fsp3) is 0.333. The van der Waals surface area contributed by atoms with Gasteiger partial charge in [-0.3, -0.25) is 4.79 Å². The molecule has 1 amide bonds. The maximum atomic E-state index is 11.9. The van der Waals surface area contributed by atoms with Crippen LogP contribution in [-0.4, -0.2) is 10.9 Å². The van der Waals surface area contributed by atoms with E-state index in [0.29, 0.717) is 12.8 Å². The third-order valence-electron chi connectivity index (χ3n) is 3.06. The first-order valence-corrected chi connectivity index (χ1v) is 7.49. The molecule has 1 atom stereocenters. The molecule has 0 radical (unpaired) electrons. The summed E-state index contributed by atoms with van der Waals surface area (Å²) in [5, 5.41) is 5.90. The fourth-order valence-electron chi connectivity index (χ4n) is 1.96. The highest BCUT2D eigenvalue weighted by Gasteiger charge is 2.12. The zero-order valence-corrected chi connectivity index (χ0v) is 15.0. The van der Waals surface area contributed by atoms with Gasteiger partial charge >= 0.3 is 0 Å². The number of hydrogen-bond donors (Lipinski definition) is 2. The number of halogens is 2. The van der Waals surface area contributed by atoms with Crippen LogP contribution in [0.5, 0.6) is 0 Å². The van der Waals surface area contributed by atoms with Gasteiger partial charge in [-0.25, -0.2) is 4.98 Å². The summed E-state index contributed by atoms with van der Waals surface area (Å²) in [6, 6.07) is 7.59. The van der Waals surface area contributed by atoms with Crippen molar-refractivity contribution in [2.24, 2.45) is 0 Å². The standard InChI is InChI=1S/C15H19N3OS.2ClH/c1-10-9-20-15(17-10)11(2)18-14(19)8-7-12-5-3-4-6-13(12)16;;/h3-6,9,11H,7-8,16H2,1-2H3,(H,18,19);2*1H. The number of carbonyl (C=O) groups is 1. The molecule has 1 heterocycles. The molecule has 4 nitrogen and oxygen atoms in total. The lowest BCUT2D eigenvalue weighted by atomic mass is 10.1. The molecule has 0 saturated carbocycles. The van der Waals surface area contributed by atoms with Gasteiger partial charge in [0.15, 0.2) is 0 Å². The summed E-state index contributed by atoms with van der Waals surface area (Å²) >= 11 is 1.57. The summed E-state index contributed by atoms with van der Waals surface area (Å²) in [6.45, 7) is 3.90. The number of carbonyl (C=O) groups excluding carboxylic acids is 1. The molecule has 0 saturated heterocycles. The van der Waals surface area contributed by atoms with Crippen molar-refractivity contribution < 1.29 is 4.79 Å². The lowest BCUT2D eigenvalue weighted by molar-refractivity contribution is -0.121. The van der Waals surface area contributed by atoms with Crippen molar-refractivity contribution in [2.45, 2.75) is 32.7 Å². The van der Waals surface area contributed by atoms with Crippen LogP contribution in [0, 0.1) is 6.92 Å². The topological polar surface area (TPSA) is 68.0 Å². The Labute approximate surface area is 147 Å². The van der Waals surface area contributed by atoms with E-state index in [9.17, 15) is 4.79 Å². The van der Waals surface area contributed by atoms with Crippen LogP contribution in [0.2, 0.25) is 0 Å². The van der Waals surface area contributed by atoms with Crippen LogP contribution >= 0.6 is 36.2 Å². The lowest BCUT2D eigenvalue weighted by Crippen LogP contribution is -2.26. The van der Waals surface area contributed by atoms with Gasteiger partial charge in [-0.1, -0.05) is 18.2 Å². The van der Waals surface area contributed by atoms with E-state index in [1.54, 1.807) is 11.3 Å². The first kappa shape index (κ1) is 20.7. The van der Waals surface area contributed by atoms with Gasteiger partial charge in [0.1, 0.15) is 5.01 Å². The monoisotopic (exact) mass is 361 g/mol. The van der Waals surface area contributed by atoms with Crippen LogP contribution in [0.15, 0.2) is 29.6 Å². The van der Waals surface area contributed by atoms with Crippen molar-refractivity contribution in [2.75, 3.05) is 5.73 Å². The molecule has 0 fully saturated rings. The van der Waals surface area contributed by atoms with E-state index in [0.717, 1.165) is 22.0 Å². The molecule has 1 unspecified atom stereocenters. The molecule has 22 heavy (non-hydrogen) atoms. The van der Waals surface area contributed by atoms with Gasteiger partial charge in [0, 0.05) is 23.2 Å². The lowest BCUT2D eigenvalue weighted by Gasteiger charge is -2.11. The molecular weight excluding hydrogens is 341 g/mol. The minimum absolute atomic E-state index is 0. The molecule has 0 aliphatic heterocycles. The fourth-order valence-corrected chi connectivity index (χ4v) is 2.76. The molecule has 0 bridgehead atoms. The van der Waals surface area contributed by atoms with Gasteiger partial charge in [-0.05, 0) is 31.9 Å². The maximum Gasteiger partial charge on any atom is 0.220 e. The Kier molecular flexibility index (Phi) is 9.09. The summed E-state index contributed by atoms with van der Waals surface area (Å²) < 4.78 is 0. The smallest absolute Gasteiger partial charge is 0.220 e. The number of nitrogens with two attached hydrogens (primary N) is 1. The second-order valence-corrected chi connectivity index (χ2v) is 5.70. The summed E-state index contributed by atoms with van der Waals surface area (Å²) in [7, 11) is 0. The van der Waals surface area contributed by atoms with Crippen LogP contribution in [0.3, 0.4) is 0 Å². The summed E-state index contributed by atoms with van der Waals surface area (Å²) in [6.07, 6.45) is 1.09. The van der Waals surface area contributed by atoms with Gasteiger partial charge in [-0.2, -0.15) is 0 Å². The summed E-state index contributed by atoms with van der Waals surface area (Å²) in [4.78, 5) is 16.3. The van der Waals surface area contributed by atoms with Gasteiger partial charge in [-0.15, -0.1) is 36.2 Å². The maximum absolute atomic E-state index is 11.9. The number of aromatic nitrogens is 1. The SMILES string of the molecule is Cc1csc(C(C)NC(=O)CCc2ccccc2N)n1.Cl.Cl. The van der Waals surface area contributed by atoms with Crippen LogP contribution in [0.25, 0.3) is 0 Å². The zero-order chi connectivity index (χ0) is 14.5. The highest BCUT2D eigenvalue weighted by Crippen LogP contribution is 2.18. The van der Waals surface area contributed by atoms with Gasteiger partial charge < -0.3 is 11.1 Å². The Bertz CT molecular complexity index is 604. The number of rotatable bonds is 5. The van der Waals surface area contributed by atoms with E-state index in [-0.39, 0.29) is 36.8 Å². The number of benzene rings is 1. The van der Waals surface area contributed by atoms with E-state index in [1.807, 2.05) is 43.5 Å². The average Bonchev–Trinajstić information content (AvgIpc) is 2.84. The van der Waals surface area contributed by atoms with Crippen LogP contribution < -0.4 is 11.1 Å². The second-order valence-electron chi connectivity index (χ2n) is 4.82. The third-order valence-corrected chi connectivity index (χ3v) is 4.21. The molecule has 7 heteroatoms. The van der Waals surface area contributed by atoms with Gasteiger partial charge in [0.05, 0.1) is 6.04 Å². The largest absolute Gasteiger partial charge is 0.399 e. The minimum Gasteiger partial charge on any atom is -0.399 e. The van der Waals surface area contributed by atoms with E-state index < -0.39 is 0 Å². The molecule has 0 aliphatic rings. The number of nitrogens with one attached hydrogen (secondary N) is 1. The van der Waals surface area contributed by atoms with E-state index in [2.05, 4.69) is 10.3 Å². The Morgan fingerprint density at radius 1 is 1.36 bits per heavy atom. The minimum atomic E-state index is -0.0469. The van der Waals surface area contributed by atoms with E-state index >= 15 is 0 Å². The van der Waals surface area contributed by atoms with Crippen molar-refractivity contribution >= 4 is 47.7 Å². The first-order chi connectivity index (χ1) is 9.56. The molecular formula is C15H21Cl2N3OS. The second kappa shape index (κ2) is 9.66. The number of aryl methyl sites for hydroxylation is 2. The average molecular weight is 362 g/mol. The van der Waals surface area contributed by atoms with E-state index in [1.165, 1.54) is 0 Å². The molecule has 1 aromatic heterocycles. The molecule has 2 rings (SSSR count). The third kappa shape index (κ3) is 5.83. The van der Waals surface area contributed by atoms with E-state index in [4.69, 9.17) is 5.73 Å². The number of para-hydroxylation sites is 1. The Morgan fingerprint density at radius 2 is 2.05 bits per heavy atom. The number of nitrogens with zero attached hydrogens (tertiary/aromatic N) is 1. The number of amides is 1. The van der Waals surface area contributed by atoms with Crippen molar-refractivity contribution in [3.8, 4) is 0 Å². The normalized spacial score (nSPS) is 11.0. The van der Waals surface area contributed by atoms with Crippen LogP contribution in [0.1, 0.15) is 35.7 Å². The number of hydrogen-bond acceptors (Lipinski definition) is 4. The van der Waals surface area contributed by atoms with Crippen LogP contribution in [-0.2, 0) is 11.2 Å².